The zero-order chi connectivity index (χ0) is 11.7. The molecule has 0 radical (unpaired) electrons. The van der Waals surface area contributed by atoms with Crippen molar-refractivity contribution in [3.05, 3.63) is 12.2 Å². The number of carbonyl (C=O) groups excluding carboxylic acids is 2. The molecule has 2 aliphatic carbocycles. The monoisotopic (exact) mass is 222 g/mol. The van der Waals surface area contributed by atoms with E-state index in [-0.39, 0.29) is 17.7 Å². The molecule has 0 heterocycles. The lowest BCUT2D eigenvalue weighted by atomic mass is 9.92. The number of hydrogen-bond donors (Lipinski definition) is 1. The Kier molecular flexibility index (Phi) is 3.10. The quantitative estimate of drug-likeness (QED) is 0.709. The van der Waals surface area contributed by atoms with Crippen LogP contribution < -0.4 is 5.73 Å². The fraction of sp³-hybridized carbons (Fsp3) is 0.667. The second-order valence-electron chi connectivity index (χ2n) is 4.68. The molecule has 3 atom stereocenters. The number of nitrogens with two attached hydrogens (primary N) is 1. The minimum atomic E-state index is -0.192. The van der Waals surface area contributed by atoms with Crippen LogP contribution in [-0.4, -0.2) is 29.8 Å². The van der Waals surface area contributed by atoms with Gasteiger partial charge in [-0.15, -0.1) is 0 Å². The first-order valence-corrected chi connectivity index (χ1v) is 5.83. The lowest BCUT2D eigenvalue weighted by Gasteiger charge is -2.25. The number of imide groups is 1. The Morgan fingerprint density at radius 3 is 2.56 bits per heavy atom. The van der Waals surface area contributed by atoms with Gasteiger partial charge < -0.3 is 5.73 Å². The van der Waals surface area contributed by atoms with Crippen molar-refractivity contribution in [2.75, 3.05) is 13.1 Å². The molecule has 0 spiro atoms. The van der Waals surface area contributed by atoms with Crippen LogP contribution in [0.5, 0.6) is 0 Å². The Labute approximate surface area is 95.5 Å². The van der Waals surface area contributed by atoms with E-state index in [1.807, 2.05) is 0 Å². The molecule has 2 amide bonds. The largest absolute Gasteiger partial charge is 0.329 e. The van der Waals surface area contributed by atoms with Crippen molar-refractivity contribution in [1.29, 1.82) is 0 Å². The van der Waals surface area contributed by atoms with Crippen LogP contribution in [0.15, 0.2) is 12.2 Å². The number of carbonyl (C=O) groups is 2. The van der Waals surface area contributed by atoms with Gasteiger partial charge in [0.1, 0.15) is 0 Å². The predicted molar refractivity (Wildman–Crippen MR) is 60.3 cm³/mol. The van der Waals surface area contributed by atoms with E-state index >= 15 is 0 Å². The van der Waals surface area contributed by atoms with Crippen LogP contribution in [-0.2, 0) is 9.59 Å². The Hall–Kier alpha value is -1.16. The van der Waals surface area contributed by atoms with Crippen LogP contribution in [0, 0.1) is 17.8 Å². The molecule has 1 fully saturated rings. The van der Waals surface area contributed by atoms with Gasteiger partial charge in [-0.2, -0.15) is 0 Å². The molecule has 16 heavy (non-hydrogen) atoms. The van der Waals surface area contributed by atoms with Crippen molar-refractivity contribution in [3.63, 3.8) is 0 Å². The van der Waals surface area contributed by atoms with E-state index < -0.39 is 0 Å². The summed E-state index contributed by atoms with van der Waals surface area (Å²) < 4.78 is 0. The van der Waals surface area contributed by atoms with Gasteiger partial charge in [0, 0.05) is 25.9 Å². The van der Waals surface area contributed by atoms with E-state index in [1.54, 1.807) is 0 Å². The minimum Gasteiger partial charge on any atom is -0.329 e. The number of fused-ring (bicyclic) bond motifs is 2. The first kappa shape index (κ1) is 11.3. The van der Waals surface area contributed by atoms with Crippen molar-refractivity contribution in [3.8, 4) is 0 Å². The van der Waals surface area contributed by atoms with Gasteiger partial charge in [0.2, 0.25) is 11.8 Å². The molecule has 3 unspecified atom stereocenters. The molecule has 2 aliphatic rings. The number of amides is 2. The second-order valence-corrected chi connectivity index (χ2v) is 4.68. The summed E-state index contributed by atoms with van der Waals surface area (Å²) in [6, 6.07) is 0. The van der Waals surface area contributed by atoms with E-state index in [9.17, 15) is 9.59 Å². The highest BCUT2D eigenvalue weighted by Gasteiger charge is 2.41. The van der Waals surface area contributed by atoms with Gasteiger partial charge in [0.15, 0.2) is 0 Å². The smallest absolute Gasteiger partial charge is 0.232 e. The van der Waals surface area contributed by atoms with Crippen LogP contribution in [0.4, 0.5) is 0 Å². The highest BCUT2D eigenvalue weighted by molar-refractivity contribution is 5.95. The van der Waals surface area contributed by atoms with Gasteiger partial charge in [-0.3, -0.25) is 14.5 Å². The molecule has 1 saturated carbocycles. The SMILES string of the molecule is CC(=O)N(CCN)C(=O)C1CC2C=CC1C2. The summed E-state index contributed by atoms with van der Waals surface area (Å²) in [4.78, 5) is 24.9. The predicted octanol–water partition coefficient (Wildman–Crippen LogP) is 0.532. The highest BCUT2D eigenvalue weighted by Crippen LogP contribution is 2.44. The molecule has 4 nitrogen and oxygen atoms in total. The molecule has 0 aromatic rings. The Morgan fingerprint density at radius 1 is 1.38 bits per heavy atom. The van der Waals surface area contributed by atoms with Gasteiger partial charge in [0.25, 0.3) is 0 Å². The number of hydrogen-bond acceptors (Lipinski definition) is 3. The third-order valence-corrected chi connectivity index (χ3v) is 3.59. The molecule has 4 heteroatoms. The molecule has 2 bridgehead atoms. The maximum Gasteiger partial charge on any atom is 0.232 e. The summed E-state index contributed by atoms with van der Waals surface area (Å²) in [6.07, 6.45) is 6.28. The second kappa shape index (κ2) is 4.37. The zero-order valence-corrected chi connectivity index (χ0v) is 9.56. The van der Waals surface area contributed by atoms with Crippen molar-refractivity contribution in [2.45, 2.75) is 19.8 Å². The number of nitrogens with zero attached hydrogens (tertiary/aromatic N) is 1. The summed E-state index contributed by atoms with van der Waals surface area (Å²) >= 11 is 0. The molecule has 0 aromatic heterocycles. The summed E-state index contributed by atoms with van der Waals surface area (Å²) in [7, 11) is 0. The first-order valence-electron chi connectivity index (χ1n) is 5.83. The fourth-order valence-corrected chi connectivity index (χ4v) is 2.82. The lowest BCUT2D eigenvalue weighted by Crippen LogP contribution is -2.43. The lowest BCUT2D eigenvalue weighted by molar-refractivity contribution is -0.146. The van der Waals surface area contributed by atoms with Crippen LogP contribution >= 0.6 is 0 Å². The standard InChI is InChI=1S/C12H18N2O2/c1-8(15)14(5-4-13)12(16)11-7-9-2-3-10(11)6-9/h2-3,9-11H,4-7,13H2,1H3. The third-order valence-electron chi connectivity index (χ3n) is 3.59. The van der Waals surface area contributed by atoms with Crippen molar-refractivity contribution in [1.82, 2.24) is 4.90 Å². The van der Waals surface area contributed by atoms with Crippen molar-refractivity contribution < 1.29 is 9.59 Å². The molecule has 88 valence electrons. The normalized spacial score (nSPS) is 30.8. The maximum absolute atomic E-state index is 12.2. The topological polar surface area (TPSA) is 63.4 Å². The average Bonchev–Trinajstić information content (AvgIpc) is 2.86. The van der Waals surface area contributed by atoms with Crippen LogP contribution in [0.25, 0.3) is 0 Å². The minimum absolute atomic E-state index is 0.00505. The molecule has 2 N–H and O–H groups in total. The Balaban J connectivity index is 2.06. The third kappa shape index (κ3) is 1.89. The number of rotatable bonds is 3. The molecule has 0 aliphatic heterocycles. The molecule has 2 rings (SSSR count). The highest BCUT2D eigenvalue weighted by atomic mass is 16.2. The van der Waals surface area contributed by atoms with E-state index in [0.29, 0.717) is 24.9 Å². The van der Waals surface area contributed by atoms with Gasteiger partial charge in [0.05, 0.1) is 0 Å². The Morgan fingerprint density at radius 2 is 2.12 bits per heavy atom. The van der Waals surface area contributed by atoms with Gasteiger partial charge >= 0.3 is 0 Å². The summed E-state index contributed by atoms with van der Waals surface area (Å²) in [5.74, 6) is 0.671. The number of allylic oxidation sites excluding steroid dienone is 2. The average molecular weight is 222 g/mol. The molecular weight excluding hydrogens is 204 g/mol. The van der Waals surface area contributed by atoms with E-state index in [4.69, 9.17) is 5.73 Å². The van der Waals surface area contributed by atoms with Crippen LogP contribution in [0.1, 0.15) is 19.8 Å². The van der Waals surface area contributed by atoms with Gasteiger partial charge in [-0.25, -0.2) is 0 Å². The fourth-order valence-electron chi connectivity index (χ4n) is 2.82. The molecular formula is C12H18N2O2. The summed E-state index contributed by atoms with van der Waals surface area (Å²) in [5.41, 5.74) is 5.42. The zero-order valence-electron chi connectivity index (χ0n) is 9.56. The summed E-state index contributed by atoms with van der Waals surface area (Å²) in [5, 5.41) is 0. The maximum atomic E-state index is 12.2. The van der Waals surface area contributed by atoms with Crippen LogP contribution in [0.3, 0.4) is 0 Å². The first-order chi connectivity index (χ1) is 7.63. The van der Waals surface area contributed by atoms with Crippen molar-refractivity contribution >= 4 is 11.8 Å². The molecule has 0 saturated heterocycles. The van der Waals surface area contributed by atoms with Gasteiger partial charge in [-0.1, -0.05) is 12.2 Å². The van der Waals surface area contributed by atoms with E-state index in [0.717, 1.165) is 12.8 Å². The Bertz CT molecular complexity index is 338. The van der Waals surface area contributed by atoms with E-state index in [1.165, 1.54) is 11.8 Å². The van der Waals surface area contributed by atoms with Crippen molar-refractivity contribution in [2.24, 2.45) is 23.5 Å². The molecule has 0 aromatic carbocycles. The van der Waals surface area contributed by atoms with Crippen LogP contribution in [0.2, 0.25) is 0 Å². The van der Waals surface area contributed by atoms with Gasteiger partial charge in [-0.05, 0) is 24.7 Å². The van der Waals surface area contributed by atoms with E-state index in [2.05, 4.69) is 12.2 Å². The summed E-state index contributed by atoms with van der Waals surface area (Å²) in [6.45, 7) is 2.10.